The molecule has 5 atom stereocenters. The normalized spacial score (nSPS) is 25.3. The van der Waals surface area contributed by atoms with Gasteiger partial charge < -0.3 is 54.7 Å². The molecule has 0 amide bonds. The number of phenolic OH excluding ortho intramolecular Hbond substituents is 3. The quantitative estimate of drug-likeness (QED) is 0.229. The third-order valence-corrected chi connectivity index (χ3v) is 5.25. The fourth-order valence-electron chi connectivity index (χ4n) is 3.50. The Bertz CT molecular complexity index is 1250. The number of aliphatic hydroxyl groups is 4. The lowest BCUT2D eigenvalue weighted by Crippen LogP contribution is -2.60. The summed E-state index contributed by atoms with van der Waals surface area (Å²) in [6.45, 7) is -0.711. The summed E-state index contributed by atoms with van der Waals surface area (Å²) in [4.78, 5) is 13.0. The molecule has 0 unspecified atom stereocenters. The molecule has 0 aliphatic carbocycles. The zero-order valence-corrected chi connectivity index (χ0v) is 16.7. The average molecular weight is 464 g/mol. The molecule has 1 saturated heterocycles. The molecule has 0 saturated carbocycles. The largest absolute Gasteiger partial charge is 0.508 e. The van der Waals surface area contributed by atoms with E-state index in [1.165, 1.54) is 6.07 Å². The average Bonchev–Trinajstić information content (AvgIpc) is 2.78. The van der Waals surface area contributed by atoms with Gasteiger partial charge in [-0.3, -0.25) is 4.79 Å². The molecule has 12 heteroatoms. The third-order valence-electron chi connectivity index (χ3n) is 5.25. The van der Waals surface area contributed by atoms with Crippen LogP contribution in [0.15, 0.2) is 39.5 Å². The van der Waals surface area contributed by atoms with E-state index in [0.29, 0.717) is 0 Å². The molecule has 0 radical (unpaired) electrons. The van der Waals surface area contributed by atoms with E-state index in [1.54, 1.807) is 0 Å². The van der Waals surface area contributed by atoms with Gasteiger partial charge in [0.2, 0.25) is 17.5 Å². The molecule has 1 aliphatic rings. The number of benzene rings is 2. The van der Waals surface area contributed by atoms with Crippen LogP contribution >= 0.6 is 0 Å². The summed E-state index contributed by atoms with van der Waals surface area (Å²) in [6, 6.07) is 5.47. The van der Waals surface area contributed by atoms with Crippen molar-refractivity contribution in [1.82, 2.24) is 0 Å². The second-order valence-corrected chi connectivity index (χ2v) is 7.44. The maximum Gasteiger partial charge on any atom is 0.238 e. The van der Waals surface area contributed by atoms with E-state index < -0.39 is 71.5 Å². The van der Waals surface area contributed by atoms with Crippen LogP contribution in [0.2, 0.25) is 0 Å². The molecular weight excluding hydrogens is 444 g/mol. The topological polar surface area (TPSA) is 211 Å². The molecule has 0 spiro atoms. The van der Waals surface area contributed by atoms with E-state index >= 15 is 0 Å². The standard InChI is InChI=1S/C21H20O12/c22-6-13-15(26)17(28)19(30)21(33-13)32-12-5-8(23)4-11-14(12)16(27)18(29)20(31-11)7-1-2-9(24)10(25)3-7/h1-5,13,15,17,19,21-26,28-30H,6H2/t13-,15+,17-,19+,21+/m0/s1. The summed E-state index contributed by atoms with van der Waals surface area (Å²) in [5, 5.41) is 78.7. The maximum absolute atomic E-state index is 13.0. The highest BCUT2D eigenvalue weighted by molar-refractivity contribution is 5.88. The number of ether oxygens (including phenoxy) is 2. The molecule has 33 heavy (non-hydrogen) atoms. The Balaban J connectivity index is 1.81. The van der Waals surface area contributed by atoms with Crippen molar-refractivity contribution in [1.29, 1.82) is 0 Å². The Labute approximate surface area is 184 Å². The lowest BCUT2D eigenvalue weighted by molar-refractivity contribution is -0.277. The summed E-state index contributed by atoms with van der Waals surface area (Å²) < 4.78 is 16.3. The highest BCUT2D eigenvalue weighted by Crippen LogP contribution is 2.38. The minimum Gasteiger partial charge on any atom is -0.508 e. The lowest BCUT2D eigenvalue weighted by Gasteiger charge is -2.39. The monoisotopic (exact) mass is 464 g/mol. The molecule has 2 aromatic carbocycles. The lowest BCUT2D eigenvalue weighted by atomic mass is 9.99. The second kappa shape index (κ2) is 8.42. The van der Waals surface area contributed by atoms with Crippen molar-refractivity contribution in [2.75, 3.05) is 6.61 Å². The molecule has 1 aromatic heterocycles. The minimum absolute atomic E-state index is 0.0431. The number of fused-ring (bicyclic) bond motifs is 1. The van der Waals surface area contributed by atoms with Crippen LogP contribution in [-0.2, 0) is 4.74 Å². The SMILES string of the molecule is O=c1c(O)c(-c2ccc(O)c(O)c2)oc2cc(O)cc(O[C@@H]3O[C@@H](CO)[C@@H](O)[C@H](O)[C@H]3O)c12. The van der Waals surface area contributed by atoms with Gasteiger partial charge in [-0.15, -0.1) is 0 Å². The van der Waals surface area contributed by atoms with Crippen molar-refractivity contribution in [2.45, 2.75) is 30.7 Å². The fourth-order valence-corrected chi connectivity index (χ4v) is 3.50. The Morgan fingerprint density at radius 2 is 1.64 bits per heavy atom. The first-order chi connectivity index (χ1) is 15.6. The summed E-state index contributed by atoms with van der Waals surface area (Å²) >= 11 is 0. The second-order valence-electron chi connectivity index (χ2n) is 7.44. The van der Waals surface area contributed by atoms with Gasteiger partial charge in [-0.05, 0) is 18.2 Å². The molecule has 8 N–H and O–H groups in total. The summed E-state index contributed by atoms with van der Waals surface area (Å²) in [5.41, 5.74) is -1.21. The first-order valence-corrected chi connectivity index (χ1v) is 9.64. The highest BCUT2D eigenvalue weighted by Gasteiger charge is 2.45. The van der Waals surface area contributed by atoms with Gasteiger partial charge in [0.15, 0.2) is 17.3 Å². The van der Waals surface area contributed by atoms with Crippen LogP contribution in [0.3, 0.4) is 0 Å². The summed E-state index contributed by atoms with van der Waals surface area (Å²) in [6.07, 6.45) is -8.12. The summed E-state index contributed by atoms with van der Waals surface area (Å²) in [5.74, 6) is -3.04. The molecule has 176 valence electrons. The van der Waals surface area contributed by atoms with Gasteiger partial charge in [0.25, 0.3) is 0 Å². The van der Waals surface area contributed by atoms with Gasteiger partial charge >= 0.3 is 0 Å². The fraction of sp³-hybridized carbons (Fsp3) is 0.286. The van der Waals surface area contributed by atoms with E-state index in [4.69, 9.17) is 13.9 Å². The van der Waals surface area contributed by atoms with E-state index in [-0.39, 0.29) is 22.3 Å². The van der Waals surface area contributed by atoms with Crippen LogP contribution in [0.4, 0.5) is 0 Å². The van der Waals surface area contributed by atoms with Crippen molar-refractivity contribution in [3.8, 4) is 40.1 Å². The third kappa shape index (κ3) is 3.90. The van der Waals surface area contributed by atoms with Gasteiger partial charge in [0.1, 0.15) is 46.9 Å². The van der Waals surface area contributed by atoms with E-state index in [2.05, 4.69) is 0 Å². The molecule has 4 rings (SSSR count). The van der Waals surface area contributed by atoms with E-state index in [9.17, 15) is 45.6 Å². The maximum atomic E-state index is 13.0. The Hall–Kier alpha value is -3.55. The first kappa shape index (κ1) is 22.6. The predicted molar refractivity (Wildman–Crippen MR) is 109 cm³/mol. The van der Waals surface area contributed by atoms with Crippen LogP contribution in [0.5, 0.6) is 28.7 Å². The smallest absolute Gasteiger partial charge is 0.238 e. The molecule has 0 bridgehead atoms. The van der Waals surface area contributed by atoms with Crippen LogP contribution in [-0.4, -0.2) is 78.2 Å². The van der Waals surface area contributed by atoms with Crippen molar-refractivity contribution in [3.05, 3.63) is 40.6 Å². The molecule has 2 heterocycles. The van der Waals surface area contributed by atoms with Crippen LogP contribution in [0.25, 0.3) is 22.3 Å². The van der Waals surface area contributed by atoms with Gasteiger partial charge in [-0.2, -0.15) is 0 Å². The number of rotatable bonds is 4. The number of hydrogen-bond donors (Lipinski definition) is 8. The Morgan fingerprint density at radius 1 is 0.909 bits per heavy atom. The van der Waals surface area contributed by atoms with Gasteiger partial charge in [0, 0.05) is 17.7 Å². The molecule has 3 aromatic rings. The predicted octanol–water partition coefficient (Wildman–Crippen LogP) is -0.539. The van der Waals surface area contributed by atoms with Gasteiger partial charge in [0.05, 0.1) is 6.61 Å². The van der Waals surface area contributed by atoms with Gasteiger partial charge in [-0.1, -0.05) is 0 Å². The van der Waals surface area contributed by atoms with Crippen LogP contribution in [0, 0.1) is 0 Å². The van der Waals surface area contributed by atoms with E-state index in [1.807, 2.05) is 0 Å². The first-order valence-electron chi connectivity index (χ1n) is 9.64. The van der Waals surface area contributed by atoms with Crippen molar-refractivity contribution < 1.29 is 54.7 Å². The number of aliphatic hydroxyl groups excluding tert-OH is 4. The Kier molecular flexibility index (Phi) is 5.78. The number of phenols is 3. The zero-order valence-electron chi connectivity index (χ0n) is 16.7. The van der Waals surface area contributed by atoms with Crippen molar-refractivity contribution >= 4 is 11.0 Å². The van der Waals surface area contributed by atoms with Gasteiger partial charge in [-0.25, -0.2) is 0 Å². The molecule has 1 fully saturated rings. The van der Waals surface area contributed by atoms with Crippen LogP contribution in [0.1, 0.15) is 0 Å². The van der Waals surface area contributed by atoms with E-state index in [0.717, 1.165) is 24.3 Å². The highest BCUT2D eigenvalue weighted by atomic mass is 16.7. The van der Waals surface area contributed by atoms with Crippen molar-refractivity contribution in [2.24, 2.45) is 0 Å². The number of hydrogen-bond acceptors (Lipinski definition) is 12. The molecule has 12 nitrogen and oxygen atoms in total. The Morgan fingerprint density at radius 3 is 2.30 bits per heavy atom. The van der Waals surface area contributed by atoms with Crippen molar-refractivity contribution in [3.63, 3.8) is 0 Å². The zero-order chi connectivity index (χ0) is 24.0. The molecular formula is C21H20O12. The summed E-state index contributed by atoms with van der Waals surface area (Å²) in [7, 11) is 0. The number of aromatic hydroxyl groups is 4. The molecule has 1 aliphatic heterocycles. The minimum atomic E-state index is -1.79. The van der Waals surface area contributed by atoms with Crippen LogP contribution < -0.4 is 10.2 Å².